The van der Waals surface area contributed by atoms with Gasteiger partial charge in [-0.05, 0) is 0 Å². The molecule has 0 fully saturated rings. The molecule has 2 aromatic carbocycles. The van der Waals surface area contributed by atoms with Gasteiger partial charge in [0.15, 0.2) is 0 Å². The Balaban J connectivity index is 1.95. The van der Waals surface area contributed by atoms with Gasteiger partial charge in [0.1, 0.15) is 0 Å². The van der Waals surface area contributed by atoms with Gasteiger partial charge in [0.2, 0.25) is 0 Å². The summed E-state index contributed by atoms with van der Waals surface area (Å²) in [6, 6.07) is 19.9. The molecule has 0 atom stereocenters. The first-order valence-corrected chi connectivity index (χ1v) is 9.04. The van der Waals surface area contributed by atoms with Crippen LogP contribution in [-0.4, -0.2) is 32.1 Å². The number of hydrogen-bond donors (Lipinski definition) is 0. The maximum atomic E-state index is 12.0. The summed E-state index contributed by atoms with van der Waals surface area (Å²) < 4.78 is 6.60. The van der Waals surface area contributed by atoms with Crippen molar-refractivity contribution in [3.63, 3.8) is 0 Å². The van der Waals surface area contributed by atoms with E-state index < -0.39 is 0 Å². The fourth-order valence-electron chi connectivity index (χ4n) is 2.11. The summed E-state index contributed by atoms with van der Waals surface area (Å²) in [5.41, 5.74) is 2.03. The number of esters is 1. The van der Waals surface area contributed by atoms with Gasteiger partial charge in [-0.1, -0.05) is 0 Å². The first-order chi connectivity index (χ1) is 11.3. The molecule has 0 saturated heterocycles. The van der Waals surface area contributed by atoms with Crippen molar-refractivity contribution in [2.45, 2.75) is 6.92 Å². The van der Waals surface area contributed by atoms with Crippen molar-refractivity contribution in [3.8, 4) is 0 Å². The summed E-state index contributed by atoms with van der Waals surface area (Å²) in [5.74, 6) is -0.329. The fourth-order valence-corrected chi connectivity index (χ4v) is 3.98. The van der Waals surface area contributed by atoms with Gasteiger partial charge in [-0.2, -0.15) is 0 Å². The third kappa shape index (κ3) is 3.70. The van der Waals surface area contributed by atoms with Gasteiger partial charge in [-0.25, -0.2) is 0 Å². The van der Waals surface area contributed by atoms with Crippen LogP contribution >= 0.6 is 0 Å². The van der Waals surface area contributed by atoms with Gasteiger partial charge in [-0.3, -0.25) is 0 Å². The molecule has 0 radical (unpaired) electrons. The number of para-hydroxylation sites is 1. The molecule has 3 rings (SSSR count). The van der Waals surface area contributed by atoms with Crippen LogP contribution in [0.1, 0.15) is 12.5 Å². The maximum absolute atomic E-state index is 12.0. The van der Waals surface area contributed by atoms with E-state index in [-0.39, 0.29) is 20.9 Å². The summed E-state index contributed by atoms with van der Waals surface area (Å²) in [5, 5.41) is 6.32. The molecule has 0 aliphatic carbocycles. The standard InChI is InChI=1S/C18H16N2O2Se/c1-2-22-18(21)17-19-20(15-11-7-4-8-12-15)16(23-17)13-14-9-5-3-6-10-14/h3-13H,2H2,1H3/b16-13-. The molecule has 23 heavy (non-hydrogen) atoms. The van der Waals surface area contributed by atoms with E-state index in [9.17, 15) is 4.79 Å². The Hall–Kier alpha value is -2.36. The quantitative estimate of drug-likeness (QED) is 0.613. The fraction of sp³-hybridized carbons (Fsp3) is 0.111. The summed E-state index contributed by atoms with van der Waals surface area (Å²) in [6.45, 7) is 2.16. The van der Waals surface area contributed by atoms with E-state index in [0.29, 0.717) is 11.2 Å². The molecule has 1 heterocycles. The molecule has 1 aliphatic heterocycles. The zero-order chi connectivity index (χ0) is 16.1. The van der Waals surface area contributed by atoms with Gasteiger partial charge < -0.3 is 0 Å². The molecule has 0 bridgehead atoms. The van der Waals surface area contributed by atoms with Crippen LogP contribution in [0.25, 0.3) is 6.08 Å². The van der Waals surface area contributed by atoms with Crippen molar-refractivity contribution >= 4 is 37.3 Å². The van der Waals surface area contributed by atoms with Crippen LogP contribution in [0.3, 0.4) is 0 Å². The Labute approximate surface area is 141 Å². The van der Waals surface area contributed by atoms with E-state index in [1.54, 1.807) is 6.92 Å². The van der Waals surface area contributed by atoms with E-state index in [4.69, 9.17) is 4.74 Å². The SMILES string of the molecule is CCOC(=O)C1=NN(c2ccccc2)/C(=C/c2ccccc2)[Se]1. The molecular formula is C18H16N2O2Se. The summed E-state index contributed by atoms with van der Waals surface area (Å²) in [7, 11) is 0. The molecule has 1 aliphatic rings. The molecule has 2 aromatic rings. The van der Waals surface area contributed by atoms with Crippen molar-refractivity contribution < 1.29 is 9.53 Å². The van der Waals surface area contributed by atoms with Crippen LogP contribution < -0.4 is 5.01 Å². The van der Waals surface area contributed by atoms with Gasteiger partial charge in [-0.15, -0.1) is 0 Å². The number of benzene rings is 2. The normalized spacial score (nSPS) is 15.6. The number of nitrogens with zero attached hydrogens (tertiary/aromatic N) is 2. The molecule has 5 heteroatoms. The topological polar surface area (TPSA) is 41.9 Å². The second kappa shape index (κ2) is 7.27. The number of carbonyl (C=O) groups is 1. The number of ether oxygens (including phenoxy) is 1. The molecule has 4 nitrogen and oxygen atoms in total. The van der Waals surface area contributed by atoms with Crippen LogP contribution in [-0.2, 0) is 9.53 Å². The molecule has 0 amide bonds. The van der Waals surface area contributed by atoms with E-state index in [1.165, 1.54) is 0 Å². The summed E-state index contributed by atoms with van der Waals surface area (Å²) in [4.78, 5) is 12.0. The van der Waals surface area contributed by atoms with Crippen LogP contribution in [0.4, 0.5) is 5.69 Å². The summed E-state index contributed by atoms with van der Waals surface area (Å²) in [6.07, 6.45) is 2.07. The van der Waals surface area contributed by atoms with Crippen molar-refractivity contribution in [2.75, 3.05) is 11.6 Å². The molecule has 0 saturated carbocycles. The Bertz CT molecular complexity index is 742. The Morgan fingerprint density at radius 3 is 2.43 bits per heavy atom. The van der Waals surface area contributed by atoms with E-state index in [0.717, 1.165) is 15.8 Å². The Morgan fingerprint density at radius 2 is 1.78 bits per heavy atom. The first kappa shape index (κ1) is 15.5. The van der Waals surface area contributed by atoms with Gasteiger partial charge in [0.25, 0.3) is 0 Å². The zero-order valence-electron chi connectivity index (χ0n) is 12.7. The van der Waals surface area contributed by atoms with Gasteiger partial charge in [0, 0.05) is 0 Å². The van der Waals surface area contributed by atoms with E-state index in [1.807, 2.05) is 65.7 Å². The van der Waals surface area contributed by atoms with Gasteiger partial charge in [0.05, 0.1) is 0 Å². The molecular weight excluding hydrogens is 355 g/mol. The first-order valence-electron chi connectivity index (χ1n) is 7.33. The monoisotopic (exact) mass is 372 g/mol. The number of hydrazone groups is 1. The predicted octanol–water partition coefficient (Wildman–Crippen LogP) is 3.09. The average Bonchev–Trinajstić information content (AvgIpc) is 3.01. The van der Waals surface area contributed by atoms with Crippen molar-refractivity contribution in [1.82, 2.24) is 0 Å². The second-order valence-corrected chi connectivity index (χ2v) is 6.89. The predicted molar refractivity (Wildman–Crippen MR) is 93.2 cm³/mol. The van der Waals surface area contributed by atoms with Crippen molar-refractivity contribution in [2.24, 2.45) is 5.10 Å². The average molecular weight is 371 g/mol. The molecule has 0 spiro atoms. The van der Waals surface area contributed by atoms with Crippen LogP contribution in [0.2, 0.25) is 0 Å². The number of anilines is 1. The second-order valence-electron chi connectivity index (χ2n) is 4.77. The number of carbonyl (C=O) groups excluding carboxylic acids is 1. The van der Waals surface area contributed by atoms with E-state index in [2.05, 4.69) is 11.2 Å². The Morgan fingerprint density at radius 1 is 1.13 bits per heavy atom. The Kier molecular flexibility index (Phi) is 4.91. The van der Waals surface area contributed by atoms with Crippen molar-refractivity contribution in [3.05, 3.63) is 70.8 Å². The summed E-state index contributed by atoms with van der Waals surface area (Å²) >= 11 is -0.183. The molecule has 0 N–H and O–H groups in total. The third-order valence-electron chi connectivity index (χ3n) is 3.14. The zero-order valence-corrected chi connectivity index (χ0v) is 14.4. The molecule has 0 aromatic heterocycles. The third-order valence-corrected chi connectivity index (χ3v) is 5.12. The number of hydrogen-bond acceptors (Lipinski definition) is 4. The van der Waals surface area contributed by atoms with Crippen LogP contribution in [0.5, 0.6) is 0 Å². The van der Waals surface area contributed by atoms with Crippen LogP contribution in [0, 0.1) is 0 Å². The van der Waals surface area contributed by atoms with E-state index >= 15 is 0 Å². The number of rotatable bonds is 4. The molecule has 116 valence electrons. The van der Waals surface area contributed by atoms with Crippen molar-refractivity contribution in [1.29, 1.82) is 0 Å². The minimum atomic E-state index is -0.329. The molecule has 0 unspecified atom stereocenters. The van der Waals surface area contributed by atoms with Crippen LogP contribution in [0.15, 0.2) is 70.4 Å². The minimum absolute atomic E-state index is 0.183. The van der Waals surface area contributed by atoms with Gasteiger partial charge >= 0.3 is 141 Å².